The fourth-order valence-electron chi connectivity index (χ4n) is 1.84. The summed E-state index contributed by atoms with van der Waals surface area (Å²) < 4.78 is 31.4. The normalized spacial score (nSPS) is 12.3. The zero-order valence-electron chi connectivity index (χ0n) is 12.4. The van der Waals surface area contributed by atoms with Crippen LogP contribution in [0.5, 0.6) is 0 Å². The summed E-state index contributed by atoms with van der Waals surface area (Å²) in [7, 11) is 0. The number of hydrogen-bond acceptors (Lipinski definition) is 4. The molecule has 0 radical (unpaired) electrons. The molecule has 8 heteroatoms. The molecule has 0 saturated carbocycles. The minimum atomic E-state index is -0.857. The number of aryl methyl sites for hydroxylation is 1. The number of aromatic nitrogens is 2. The number of anilines is 1. The summed E-state index contributed by atoms with van der Waals surface area (Å²) in [6, 6.07) is 1.72. The zero-order valence-corrected chi connectivity index (χ0v) is 12.4. The van der Waals surface area contributed by atoms with Crippen LogP contribution in [0.4, 0.5) is 19.3 Å². The maximum atomic E-state index is 13.5. The van der Waals surface area contributed by atoms with Gasteiger partial charge in [0.2, 0.25) is 5.89 Å². The van der Waals surface area contributed by atoms with Crippen molar-refractivity contribution in [3.63, 3.8) is 0 Å². The number of amides is 2. The van der Waals surface area contributed by atoms with Crippen molar-refractivity contribution < 1.29 is 18.1 Å². The highest BCUT2D eigenvalue weighted by atomic mass is 19.1. The first-order valence-electron chi connectivity index (χ1n) is 6.69. The molecule has 1 atom stereocenters. The number of carbonyl (C=O) groups excluding carboxylic acids is 1. The van der Waals surface area contributed by atoms with Crippen LogP contribution in [0.3, 0.4) is 0 Å². The van der Waals surface area contributed by atoms with E-state index in [1.165, 1.54) is 0 Å². The van der Waals surface area contributed by atoms with Crippen molar-refractivity contribution in [3.05, 3.63) is 41.5 Å². The summed E-state index contributed by atoms with van der Waals surface area (Å²) >= 11 is 0. The van der Waals surface area contributed by atoms with E-state index < -0.39 is 23.7 Å². The van der Waals surface area contributed by atoms with Crippen molar-refractivity contribution in [2.75, 3.05) is 5.32 Å². The standard InChI is InChI=1S/C14H16F2N4O2/c1-7(2)12(13-17-8(3)20-22-13)19-14(21)18-11-5-4-9(15)6-10(11)16/h4-7,12H,1-3H3,(H2,18,19,21). The number of nitrogens with zero attached hydrogens (tertiary/aromatic N) is 2. The Kier molecular flexibility index (Phi) is 4.69. The van der Waals surface area contributed by atoms with Crippen LogP contribution in [0.1, 0.15) is 31.6 Å². The van der Waals surface area contributed by atoms with Crippen molar-refractivity contribution in [1.29, 1.82) is 0 Å². The Labute approximate surface area is 125 Å². The van der Waals surface area contributed by atoms with Crippen LogP contribution in [-0.2, 0) is 0 Å². The fourth-order valence-corrected chi connectivity index (χ4v) is 1.84. The molecule has 0 spiro atoms. The molecule has 0 aliphatic rings. The van der Waals surface area contributed by atoms with Crippen molar-refractivity contribution in [1.82, 2.24) is 15.5 Å². The topological polar surface area (TPSA) is 80.0 Å². The quantitative estimate of drug-likeness (QED) is 0.909. The molecule has 0 bridgehead atoms. The predicted octanol–water partition coefficient (Wildman–Crippen LogP) is 3.18. The minimum Gasteiger partial charge on any atom is -0.337 e. The molecule has 2 aromatic rings. The smallest absolute Gasteiger partial charge is 0.319 e. The van der Waals surface area contributed by atoms with Gasteiger partial charge in [-0.3, -0.25) is 0 Å². The van der Waals surface area contributed by atoms with E-state index in [4.69, 9.17) is 4.52 Å². The van der Waals surface area contributed by atoms with E-state index in [-0.39, 0.29) is 17.5 Å². The first-order valence-corrected chi connectivity index (χ1v) is 6.69. The van der Waals surface area contributed by atoms with Crippen molar-refractivity contribution in [2.24, 2.45) is 5.92 Å². The molecule has 2 amide bonds. The van der Waals surface area contributed by atoms with Crippen LogP contribution in [0.2, 0.25) is 0 Å². The first kappa shape index (κ1) is 15.9. The van der Waals surface area contributed by atoms with Crippen LogP contribution < -0.4 is 10.6 Å². The van der Waals surface area contributed by atoms with Gasteiger partial charge in [-0.05, 0) is 25.0 Å². The van der Waals surface area contributed by atoms with Gasteiger partial charge in [0.25, 0.3) is 0 Å². The molecular formula is C14H16F2N4O2. The average molecular weight is 310 g/mol. The molecular weight excluding hydrogens is 294 g/mol. The van der Waals surface area contributed by atoms with Gasteiger partial charge in [-0.15, -0.1) is 0 Å². The Morgan fingerprint density at radius 2 is 2.05 bits per heavy atom. The Bertz CT molecular complexity index is 673. The molecule has 1 aromatic heterocycles. The number of nitrogens with one attached hydrogen (secondary N) is 2. The zero-order chi connectivity index (χ0) is 16.3. The van der Waals surface area contributed by atoms with Crippen LogP contribution in [0.15, 0.2) is 22.7 Å². The Morgan fingerprint density at radius 1 is 1.32 bits per heavy atom. The number of hydrogen-bond donors (Lipinski definition) is 2. The lowest BCUT2D eigenvalue weighted by molar-refractivity contribution is 0.235. The molecule has 1 unspecified atom stereocenters. The average Bonchev–Trinajstić information content (AvgIpc) is 2.85. The third kappa shape index (κ3) is 3.78. The van der Waals surface area contributed by atoms with E-state index in [1.807, 2.05) is 13.8 Å². The largest absolute Gasteiger partial charge is 0.337 e. The molecule has 0 saturated heterocycles. The maximum absolute atomic E-state index is 13.5. The third-order valence-electron chi connectivity index (χ3n) is 2.94. The summed E-state index contributed by atoms with van der Waals surface area (Å²) in [5.41, 5.74) is -0.122. The van der Waals surface area contributed by atoms with Gasteiger partial charge in [0.15, 0.2) is 5.82 Å². The Balaban J connectivity index is 2.08. The summed E-state index contributed by atoms with van der Waals surface area (Å²) in [5.74, 6) is -0.881. The Morgan fingerprint density at radius 3 is 2.59 bits per heavy atom. The fraction of sp³-hybridized carbons (Fsp3) is 0.357. The highest BCUT2D eigenvalue weighted by Crippen LogP contribution is 2.21. The molecule has 1 heterocycles. The van der Waals surface area contributed by atoms with E-state index >= 15 is 0 Å². The summed E-state index contributed by atoms with van der Waals surface area (Å²) in [6.45, 7) is 5.39. The van der Waals surface area contributed by atoms with Crippen LogP contribution in [0.25, 0.3) is 0 Å². The summed E-state index contributed by atoms with van der Waals surface area (Å²) in [6.07, 6.45) is 0. The van der Waals surface area contributed by atoms with E-state index in [2.05, 4.69) is 20.8 Å². The van der Waals surface area contributed by atoms with Gasteiger partial charge < -0.3 is 15.2 Å². The lowest BCUT2D eigenvalue weighted by Gasteiger charge is -2.19. The van der Waals surface area contributed by atoms with Crippen LogP contribution in [0, 0.1) is 24.5 Å². The van der Waals surface area contributed by atoms with Gasteiger partial charge in [-0.2, -0.15) is 4.98 Å². The molecule has 0 aliphatic heterocycles. The van der Waals surface area contributed by atoms with Gasteiger partial charge in [-0.25, -0.2) is 13.6 Å². The second-order valence-corrected chi connectivity index (χ2v) is 5.12. The van der Waals surface area contributed by atoms with E-state index in [0.717, 1.165) is 12.1 Å². The van der Waals surface area contributed by atoms with E-state index in [9.17, 15) is 13.6 Å². The van der Waals surface area contributed by atoms with Crippen molar-refractivity contribution >= 4 is 11.7 Å². The molecule has 1 aromatic carbocycles. The monoisotopic (exact) mass is 310 g/mol. The van der Waals surface area contributed by atoms with Gasteiger partial charge in [0, 0.05) is 6.07 Å². The minimum absolute atomic E-state index is 0.0244. The predicted molar refractivity (Wildman–Crippen MR) is 75.1 cm³/mol. The second kappa shape index (κ2) is 6.50. The van der Waals surface area contributed by atoms with Crippen LogP contribution >= 0.6 is 0 Å². The van der Waals surface area contributed by atoms with Gasteiger partial charge in [0.1, 0.15) is 17.7 Å². The summed E-state index contributed by atoms with van der Waals surface area (Å²) in [4.78, 5) is 16.0. The summed E-state index contributed by atoms with van der Waals surface area (Å²) in [5, 5.41) is 8.62. The van der Waals surface area contributed by atoms with Crippen molar-refractivity contribution in [3.8, 4) is 0 Å². The molecule has 6 nitrogen and oxygen atoms in total. The van der Waals surface area contributed by atoms with Crippen LogP contribution in [-0.4, -0.2) is 16.2 Å². The number of benzene rings is 1. The van der Waals surface area contributed by atoms with Gasteiger partial charge >= 0.3 is 6.03 Å². The van der Waals surface area contributed by atoms with Gasteiger partial charge in [0.05, 0.1) is 5.69 Å². The SMILES string of the molecule is Cc1noc(C(NC(=O)Nc2ccc(F)cc2F)C(C)C)n1. The Hall–Kier alpha value is -2.51. The van der Waals surface area contributed by atoms with E-state index in [0.29, 0.717) is 11.9 Å². The maximum Gasteiger partial charge on any atom is 0.319 e. The highest BCUT2D eigenvalue weighted by Gasteiger charge is 2.24. The number of rotatable bonds is 4. The third-order valence-corrected chi connectivity index (χ3v) is 2.94. The van der Waals surface area contributed by atoms with Crippen molar-refractivity contribution in [2.45, 2.75) is 26.8 Å². The lowest BCUT2D eigenvalue weighted by Crippen LogP contribution is -2.35. The molecule has 22 heavy (non-hydrogen) atoms. The second-order valence-electron chi connectivity index (χ2n) is 5.12. The molecule has 2 rings (SSSR count). The molecule has 0 fully saturated rings. The lowest BCUT2D eigenvalue weighted by atomic mass is 10.0. The number of carbonyl (C=O) groups is 1. The molecule has 0 aliphatic carbocycles. The number of urea groups is 1. The molecule has 118 valence electrons. The van der Waals surface area contributed by atoms with E-state index in [1.54, 1.807) is 6.92 Å². The highest BCUT2D eigenvalue weighted by molar-refractivity contribution is 5.89. The van der Waals surface area contributed by atoms with Gasteiger partial charge in [-0.1, -0.05) is 19.0 Å². The molecule has 2 N–H and O–H groups in total. The first-order chi connectivity index (χ1) is 10.4. The number of halogens is 2.